The number of hydrogen-bond acceptors (Lipinski definition) is 7. The molecule has 0 atom stereocenters. The maximum atomic E-state index is 12.3. The molecule has 0 fully saturated rings. The van der Waals surface area contributed by atoms with Crippen molar-refractivity contribution in [2.45, 2.75) is 11.4 Å². The Balaban J connectivity index is 1.58. The van der Waals surface area contributed by atoms with Crippen molar-refractivity contribution in [3.8, 4) is 11.5 Å². The van der Waals surface area contributed by atoms with Crippen molar-refractivity contribution >= 4 is 22.1 Å². The molecule has 162 valence electrons. The molecule has 3 rings (SSSR count). The van der Waals surface area contributed by atoms with Gasteiger partial charge in [-0.15, -0.1) is 0 Å². The molecule has 0 saturated carbocycles. The normalized spacial score (nSPS) is 11.4. The van der Waals surface area contributed by atoms with Gasteiger partial charge in [-0.25, -0.2) is 18.6 Å². The third kappa shape index (κ3) is 5.93. The molecule has 31 heavy (non-hydrogen) atoms. The van der Waals surface area contributed by atoms with Crippen molar-refractivity contribution in [2.75, 3.05) is 14.2 Å². The number of furan rings is 1. The zero-order valence-electron chi connectivity index (χ0n) is 16.9. The molecule has 3 aromatic rings. The molecule has 0 aliphatic carbocycles. The SMILES string of the molecule is COc1cc(OC)cc(C(=O)N/N=C\c2ccc(CNS(=O)(=O)c3ccccc3)o2)c1. The molecular formula is C21H21N3O6S. The molecular weight excluding hydrogens is 422 g/mol. The molecule has 2 N–H and O–H groups in total. The quantitative estimate of drug-likeness (QED) is 0.387. The molecule has 2 aromatic carbocycles. The van der Waals surface area contributed by atoms with E-state index in [4.69, 9.17) is 13.9 Å². The average molecular weight is 443 g/mol. The van der Waals surface area contributed by atoms with Crippen molar-refractivity contribution in [1.29, 1.82) is 0 Å². The molecule has 10 heteroatoms. The zero-order valence-corrected chi connectivity index (χ0v) is 17.7. The Morgan fingerprint density at radius 3 is 2.35 bits per heavy atom. The summed E-state index contributed by atoms with van der Waals surface area (Å²) in [5, 5.41) is 3.86. The van der Waals surface area contributed by atoms with Gasteiger partial charge in [0.15, 0.2) is 0 Å². The van der Waals surface area contributed by atoms with E-state index >= 15 is 0 Å². The van der Waals surface area contributed by atoms with Crippen LogP contribution in [-0.4, -0.2) is 34.8 Å². The van der Waals surface area contributed by atoms with Crippen molar-refractivity contribution in [3.63, 3.8) is 0 Å². The van der Waals surface area contributed by atoms with Gasteiger partial charge in [0, 0.05) is 11.6 Å². The summed E-state index contributed by atoms with van der Waals surface area (Å²) in [6, 6.07) is 16.0. The molecule has 0 unspecified atom stereocenters. The van der Waals surface area contributed by atoms with Crippen LogP contribution in [0.3, 0.4) is 0 Å². The van der Waals surface area contributed by atoms with Gasteiger partial charge in [0.05, 0.1) is 31.9 Å². The van der Waals surface area contributed by atoms with E-state index in [-0.39, 0.29) is 11.4 Å². The van der Waals surface area contributed by atoms with Gasteiger partial charge in [0.25, 0.3) is 5.91 Å². The Hall–Kier alpha value is -3.63. The van der Waals surface area contributed by atoms with Crippen molar-refractivity contribution in [3.05, 3.63) is 77.7 Å². The lowest BCUT2D eigenvalue weighted by molar-refractivity contribution is 0.0954. The lowest BCUT2D eigenvalue weighted by Gasteiger charge is -2.07. The van der Waals surface area contributed by atoms with Gasteiger partial charge in [0.2, 0.25) is 10.0 Å². The Bertz CT molecular complexity index is 1150. The fraction of sp³-hybridized carbons (Fsp3) is 0.143. The van der Waals surface area contributed by atoms with E-state index in [9.17, 15) is 13.2 Å². The highest BCUT2D eigenvalue weighted by Crippen LogP contribution is 2.22. The predicted octanol–water partition coefficient (Wildman–Crippen LogP) is 2.54. The second kappa shape index (κ2) is 9.92. The van der Waals surface area contributed by atoms with Crippen molar-refractivity contribution in [2.24, 2.45) is 5.10 Å². The predicted molar refractivity (Wildman–Crippen MR) is 114 cm³/mol. The first-order valence-corrected chi connectivity index (χ1v) is 10.6. The summed E-state index contributed by atoms with van der Waals surface area (Å²) in [5.74, 6) is 1.22. The van der Waals surface area contributed by atoms with E-state index < -0.39 is 15.9 Å². The van der Waals surface area contributed by atoms with Crippen LogP contribution >= 0.6 is 0 Å². The Morgan fingerprint density at radius 1 is 1.03 bits per heavy atom. The van der Waals surface area contributed by atoms with Crippen LogP contribution in [0.4, 0.5) is 0 Å². The van der Waals surface area contributed by atoms with Crippen molar-refractivity contribution in [1.82, 2.24) is 10.1 Å². The van der Waals surface area contributed by atoms with Crippen LogP contribution < -0.4 is 19.6 Å². The maximum absolute atomic E-state index is 12.3. The van der Waals surface area contributed by atoms with Gasteiger partial charge in [0.1, 0.15) is 23.0 Å². The number of carbonyl (C=O) groups is 1. The van der Waals surface area contributed by atoms with E-state index in [1.165, 1.54) is 32.6 Å². The number of hydrogen-bond donors (Lipinski definition) is 2. The highest BCUT2D eigenvalue weighted by Gasteiger charge is 2.14. The van der Waals surface area contributed by atoms with E-state index in [1.54, 1.807) is 48.5 Å². The smallest absolute Gasteiger partial charge is 0.271 e. The summed E-state index contributed by atoms with van der Waals surface area (Å²) in [5.41, 5.74) is 2.69. The molecule has 1 heterocycles. The molecule has 0 bridgehead atoms. The number of nitrogens with one attached hydrogen (secondary N) is 2. The van der Waals surface area contributed by atoms with Crippen LogP contribution in [0.25, 0.3) is 0 Å². The fourth-order valence-electron chi connectivity index (χ4n) is 2.57. The second-order valence-electron chi connectivity index (χ2n) is 6.24. The largest absolute Gasteiger partial charge is 0.497 e. The lowest BCUT2D eigenvalue weighted by Crippen LogP contribution is -2.22. The van der Waals surface area contributed by atoms with E-state index in [0.29, 0.717) is 28.6 Å². The number of nitrogens with zero attached hydrogens (tertiary/aromatic N) is 1. The first-order chi connectivity index (χ1) is 14.9. The van der Waals surface area contributed by atoms with Crippen LogP contribution in [0.2, 0.25) is 0 Å². The maximum Gasteiger partial charge on any atom is 0.271 e. The molecule has 1 amide bonds. The molecule has 0 spiro atoms. The first-order valence-electron chi connectivity index (χ1n) is 9.11. The monoisotopic (exact) mass is 443 g/mol. The minimum atomic E-state index is -3.64. The highest BCUT2D eigenvalue weighted by molar-refractivity contribution is 7.89. The van der Waals surface area contributed by atoms with Gasteiger partial charge in [-0.1, -0.05) is 18.2 Å². The summed E-state index contributed by atoms with van der Waals surface area (Å²) in [6.45, 7) is -0.0268. The van der Waals surface area contributed by atoms with E-state index in [1.807, 2.05) is 0 Å². The molecule has 0 aliphatic heterocycles. The topological polar surface area (TPSA) is 119 Å². The van der Waals surface area contributed by atoms with Gasteiger partial charge in [-0.2, -0.15) is 5.10 Å². The summed E-state index contributed by atoms with van der Waals surface area (Å²) in [7, 11) is -0.662. The molecule has 9 nitrogen and oxygen atoms in total. The third-order valence-corrected chi connectivity index (χ3v) is 5.56. The fourth-order valence-corrected chi connectivity index (χ4v) is 3.58. The Kier molecular flexibility index (Phi) is 7.06. The highest BCUT2D eigenvalue weighted by atomic mass is 32.2. The van der Waals surface area contributed by atoms with Gasteiger partial charge in [-0.3, -0.25) is 4.79 Å². The molecule has 0 radical (unpaired) electrons. The third-order valence-electron chi connectivity index (χ3n) is 4.14. The summed E-state index contributed by atoms with van der Waals surface area (Å²) >= 11 is 0. The zero-order chi connectivity index (χ0) is 22.3. The number of amides is 1. The van der Waals surface area contributed by atoms with E-state index in [0.717, 1.165) is 0 Å². The average Bonchev–Trinajstić information content (AvgIpc) is 3.25. The molecule has 0 saturated heterocycles. The summed E-state index contributed by atoms with van der Waals surface area (Å²) in [4.78, 5) is 12.4. The molecule has 1 aromatic heterocycles. The van der Waals surface area contributed by atoms with Crippen LogP contribution in [0.1, 0.15) is 21.9 Å². The Morgan fingerprint density at radius 2 is 1.71 bits per heavy atom. The van der Waals surface area contributed by atoms with Crippen LogP contribution in [-0.2, 0) is 16.6 Å². The number of rotatable bonds is 9. The summed E-state index contributed by atoms with van der Waals surface area (Å²) < 4.78 is 42.7. The standard InChI is InChI=1S/C21H21N3O6S/c1-28-18-10-15(11-19(12-18)29-2)21(25)24-22-13-16-8-9-17(30-16)14-23-31(26,27)20-6-4-3-5-7-20/h3-13,23H,14H2,1-2H3,(H,24,25)/b22-13-. The second-order valence-corrected chi connectivity index (χ2v) is 8.01. The number of sulfonamides is 1. The van der Waals surface area contributed by atoms with Crippen LogP contribution in [0.5, 0.6) is 11.5 Å². The number of benzene rings is 2. The lowest BCUT2D eigenvalue weighted by atomic mass is 10.2. The van der Waals surface area contributed by atoms with Gasteiger partial charge >= 0.3 is 0 Å². The van der Waals surface area contributed by atoms with Crippen LogP contribution in [0.15, 0.2) is 75.1 Å². The van der Waals surface area contributed by atoms with Crippen LogP contribution in [0, 0.1) is 0 Å². The minimum Gasteiger partial charge on any atom is -0.497 e. The van der Waals surface area contributed by atoms with Crippen molar-refractivity contribution < 1.29 is 27.1 Å². The number of ether oxygens (including phenoxy) is 2. The number of methoxy groups -OCH3 is 2. The summed E-state index contributed by atoms with van der Waals surface area (Å²) in [6.07, 6.45) is 1.31. The minimum absolute atomic E-state index is 0.0268. The first kappa shape index (κ1) is 22.1. The van der Waals surface area contributed by atoms with E-state index in [2.05, 4.69) is 15.2 Å². The number of carbonyl (C=O) groups excluding carboxylic acids is 1. The Labute approximate surface area is 179 Å². The van der Waals surface area contributed by atoms with Gasteiger partial charge in [-0.05, 0) is 36.4 Å². The molecule has 0 aliphatic rings. The number of hydrazone groups is 1. The van der Waals surface area contributed by atoms with Gasteiger partial charge < -0.3 is 13.9 Å².